The summed E-state index contributed by atoms with van der Waals surface area (Å²) in [5, 5.41) is 1.84. The number of allylic oxidation sites excluding steroid dienone is 1. The minimum atomic E-state index is -0.394. The second-order valence-electron chi connectivity index (χ2n) is 6.96. The Hall–Kier alpha value is -4.10. The van der Waals surface area contributed by atoms with Gasteiger partial charge in [0.15, 0.2) is 5.78 Å². The summed E-state index contributed by atoms with van der Waals surface area (Å²) in [6.45, 7) is -0.0370. The van der Waals surface area contributed by atoms with Gasteiger partial charge in [0.2, 0.25) is 6.79 Å². The first-order valence-corrected chi connectivity index (χ1v) is 10.9. The lowest BCUT2D eigenvalue weighted by atomic mass is 10.1. The molecule has 6 nitrogen and oxygen atoms in total. The third kappa shape index (κ3) is 6.21. The van der Waals surface area contributed by atoms with Crippen molar-refractivity contribution in [2.75, 3.05) is 6.79 Å². The van der Waals surface area contributed by atoms with Crippen molar-refractivity contribution in [3.8, 4) is 11.5 Å². The standard InChI is InChI=1S/C26H19NO5S/c28-23(14-11-18-5-2-1-3-6-18)20-7-4-8-22(16-20)32-17-31-21-12-9-19(10-13-21)15-24-25(29)27-26(30)33-24/h1-16H,17H2,(H,27,29,30)/b14-11+,24-15-. The molecule has 164 valence electrons. The van der Waals surface area contributed by atoms with Crippen LogP contribution < -0.4 is 14.8 Å². The molecule has 0 unspecified atom stereocenters. The van der Waals surface area contributed by atoms with Gasteiger partial charge in [-0.2, -0.15) is 0 Å². The number of thioether (sulfide) groups is 1. The van der Waals surface area contributed by atoms with Crippen molar-refractivity contribution < 1.29 is 23.9 Å². The molecule has 1 heterocycles. The Morgan fingerprint density at radius 3 is 2.33 bits per heavy atom. The number of ether oxygens (including phenoxy) is 2. The van der Waals surface area contributed by atoms with Crippen LogP contribution in [0.3, 0.4) is 0 Å². The highest BCUT2D eigenvalue weighted by molar-refractivity contribution is 8.18. The quantitative estimate of drug-likeness (QED) is 0.280. The average Bonchev–Trinajstić information content (AvgIpc) is 3.15. The SMILES string of the molecule is O=C1NC(=O)/C(=C/c2ccc(OCOc3cccc(C(=O)/C=C/c4ccccc4)c3)cc2)S1. The smallest absolute Gasteiger partial charge is 0.290 e. The van der Waals surface area contributed by atoms with Crippen molar-refractivity contribution in [2.24, 2.45) is 0 Å². The van der Waals surface area contributed by atoms with Gasteiger partial charge in [-0.1, -0.05) is 60.7 Å². The lowest BCUT2D eigenvalue weighted by Crippen LogP contribution is -2.17. The number of benzene rings is 3. The second kappa shape index (κ2) is 10.5. The molecule has 1 aliphatic rings. The zero-order valence-electron chi connectivity index (χ0n) is 17.4. The zero-order valence-corrected chi connectivity index (χ0v) is 18.2. The van der Waals surface area contributed by atoms with Crippen LogP contribution in [-0.4, -0.2) is 23.7 Å². The highest BCUT2D eigenvalue weighted by Crippen LogP contribution is 2.26. The molecule has 0 atom stereocenters. The summed E-state index contributed by atoms with van der Waals surface area (Å²) in [7, 11) is 0. The van der Waals surface area contributed by atoms with Gasteiger partial charge in [0.05, 0.1) is 4.91 Å². The zero-order chi connectivity index (χ0) is 23.0. The molecule has 0 radical (unpaired) electrons. The molecule has 1 N–H and O–H groups in total. The van der Waals surface area contributed by atoms with E-state index in [1.165, 1.54) is 6.08 Å². The Morgan fingerprint density at radius 2 is 1.61 bits per heavy atom. The van der Waals surface area contributed by atoms with Crippen molar-refractivity contribution in [3.05, 3.63) is 107 Å². The maximum atomic E-state index is 12.4. The monoisotopic (exact) mass is 457 g/mol. The van der Waals surface area contributed by atoms with Gasteiger partial charge in [0.25, 0.3) is 11.1 Å². The molecule has 1 saturated heterocycles. The maximum absolute atomic E-state index is 12.4. The maximum Gasteiger partial charge on any atom is 0.290 e. The number of ketones is 1. The molecule has 2 amide bonds. The summed E-state index contributed by atoms with van der Waals surface area (Å²) in [4.78, 5) is 35.6. The third-order valence-electron chi connectivity index (χ3n) is 4.62. The number of amides is 2. The lowest BCUT2D eigenvalue weighted by Gasteiger charge is -2.09. The van der Waals surface area contributed by atoms with E-state index in [1.807, 2.05) is 30.3 Å². The summed E-state index contributed by atoms with van der Waals surface area (Å²) in [5.41, 5.74) is 2.24. The van der Waals surface area contributed by atoms with Crippen LogP contribution in [0.25, 0.3) is 12.2 Å². The van der Waals surface area contributed by atoms with Crippen LogP contribution in [0.5, 0.6) is 11.5 Å². The molecule has 4 rings (SSSR count). The molecule has 0 spiro atoms. The molecular weight excluding hydrogens is 438 g/mol. The number of carbonyl (C=O) groups excluding carboxylic acids is 3. The fourth-order valence-corrected chi connectivity index (χ4v) is 3.65. The average molecular weight is 458 g/mol. The van der Waals surface area contributed by atoms with E-state index in [0.29, 0.717) is 22.0 Å². The second-order valence-corrected chi connectivity index (χ2v) is 7.98. The molecule has 1 aliphatic heterocycles. The van der Waals surface area contributed by atoms with Crippen LogP contribution in [0.2, 0.25) is 0 Å². The van der Waals surface area contributed by atoms with Crippen LogP contribution in [0.4, 0.5) is 4.79 Å². The van der Waals surface area contributed by atoms with Gasteiger partial charge in [-0.15, -0.1) is 0 Å². The molecule has 0 aromatic heterocycles. The third-order valence-corrected chi connectivity index (χ3v) is 5.43. The van der Waals surface area contributed by atoms with E-state index in [0.717, 1.165) is 22.9 Å². The van der Waals surface area contributed by atoms with E-state index in [9.17, 15) is 14.4 Å². The highest BCUT2D eigenvalue weighted by Gasteiger charge is 2.24. The van der Waals surface area contributed by atoms with Crippen molar-refractivity contribution in [1.82, 2.24) is 5.32 Å². The van der Waals surface area contributed by atoms with Gasteiger partial charge in [-0.3, -0.25) is 19.7 Å². The van der Waals surface area contributed by atoms with Crippen LogP contribution >= 0.6 is 11.8 Å². The van der Waals surface area contributed by atoms with Crippen LogP contribution in [0.15, 0.2) is 89.8 Å². The summed E-state index contributed by atoms with van der Waals surface area (Å²) in [5.74, 6) is 0.583. The summed E-state index contributed by atoms with van der Waals surface area (Å²) < 4.78 is 11.2. The number of hydrogen-bond donors (Lipinski definition) is 1. The first-order chi connectivity index (χ1) is 16.1. The minimum Gasteiger partial charge on any atom is -0.458 e. The normalized spacial score (nSPS) is 14.5. The summed E-state index contributed by atoms with van der Waals surface area (Å²) >= 11 is 0.871. The van der Waals surface area contributed by atoms with E-state index in [2.05, 4.69) is 5.32 Å². The summed E-state index contributed by atoms with van der Waals surface area (Å²) in [6, 6.07) is 23.5. The van der Waals surface area contributed by atoms with E-state index < -0.39 is 5.91 Å². The first-order valence-electron chi connectivity index (χ1n) is 10.0. The Morgan fingerprint density at radius 1 is 0.848 bits per heavy atom. The van der Waals surface area contributed by atoms with E-state index in [1.54, 1.807) is 60.7 Å². The molecule has 0 saturated carbocycles. The lowest BCUT2D eigenvalue weighted by molar-refractivity contribution is -0.115. The van der Waals surface area contributed by atoms with Crippen molar-refractivity contribution in [1.29, 1.82) is 0 Å². The predicted octanol–water partition coefficient (Wildman–Crippen LogP) is 5.32. The number of nitrogens with one attached hydrogen (secondary N) is 1. The van der Waals surface area contributed by atoms with Crippen LogP contribution in [0.1, 0.15) is 21.5 Å². The van der Waals surface area contributed by atoms with Gasteiger partial charge in [0, 0.05) is 5.56 Å². The topological polar surface area (TPSA) is 81.7 Å². The number of hydrogen-bond acceptors (Lipinski definition) is 6. The summed E-state index contributed by atoms with van der Waals surface area (Å²) in [6.07, 6.45) is 4.94. The number of imide groups is 1. The largest absolute Gasteiger partial charge is 0.458 e. The Kier molecular flexibility index (Phi) is 7.02. The molecule has 0 bridgehead atoms. The van der Waals surface area contributed by atoms with E-state index in [4.69, 9.17) is 9.47 Å². The Balaban J connectivity index is 1.30. The molecule has 1 fully saturated rings. The van der Waals surface area contributed by atoms with Gasteiger partial charge in [0.1, 0.15) is 11.5 Å². The minimum absolute atomic E-state index is 0.0370. The molecule has 33 heavy (non-hydrogen) atoms. The van der Waals surface area contributed by atoms with E-state index in [-0.39, 0.29) is 17.8 Å². The van der Waals surface area contributed by atoms with Crippen molar-refractivity contribution in [2.45, 2.75) is 0 Å². The number of carbonyl (C=O) groups is 3. The van der Waals surface area contributed by atoms with Gasteiger partial charge in [-0.25, -0.2) is 0 Å². The van der Waals surface area contributed by atoms with Crippen LogP contribution in [-0.2, 0) is 4.79 Å². The first kappa shape index (κ1) is 22.1. The Labute approximate surface area is 194 Å². The number of rotatable bonds is 8. The Bertz CT molecular complexity index is 1230. The van der Waals surface area contributed by atoms with E-state index >= 15 is 0 Å². The molecule has 7 heteroatoms. The van der Waals surface area contributed by atoms with Crippen molar-refractivity contribution in [3.63, 3.8) is 0 Å². The molecule has 0 aliphatic carbocycles. The van der Waals surface area contributed by atoms with Gasteiger partial charge in [-0.05, 0) is 59.3 Å². The highest BCUT2D eigenvalue weighted by atomic mass is 32.2. The van der Waals surface area contributed by atoms with Crippen LogP contribution in [0, 0.1) is 0 Å². The van der Waals surface area contributed by atoms with Gasteiger partial charge < -0.3 is 9.47 Å². The fraction of sp³-hybridized carbons (Fsp3) is 0.0385. The van der Waals surface area contributed by atoms with Crippen molar-refractivity contribution >= 4 is 40.8 Å². The van der Waals surface area contributed by atoms with Gasteiger partial charge >= 0.3 is 0 Å². The molecular formula is C26H19NO5S. The molecule has 3 aromatic rings. The predicted molar refractivity (Wildman–Crippen MR) is 128 cm³/mol. The fourth-order valence-electron chi connectivity index (χ4n) is 2.97. The molecule has 3 aromatic carbocycles.